The predicted molar refractivity (Wildman–Crippen MR) is 77.4 cm³/mol. The Morgan fingerprint density at radius 1 is 1.16 bits per heavy atom. The normalized spacial score (nSPS) is 10.3. The van der Waals surface area contributed by atoms with Gasteiger partial charge in [-0.3, -0.25) is 4.79 Å². The van der Waals surface area contributed by atoms with Crippen molar-refractivity contribution in [2.45, 2.75) is 13.5 Å². The lowest BCUT2D eigenvalue weighted by molar-refractivity contribution is 0.111. The molecule has 0 aliphatic carbocycles. The Labute approximate surface area is 121 Å². The molecule has 2 aromatic carbocycles. The first-order valence-corrected chi connectivity index (χ1v) is 6.49. The van der Waals surface area contributed by atoms with Gasteiger partial charge in [0.2, 0.25) is 0 Å². The first kappa shape index (κ1) is 13.9. The van der Waals surface area contributed by atoms with Crippen LogP contribution >= 0.6 is 23.2 Å². The van der Waals surface area contributed by atoms with E-state index in [0.29, 0.717) is 34.3 Å². The monoisotopic (exact) mass is 294 g/mol. The molecule has 0 bridgehead atoms. The second kappa shape index (κ2) is 6.09. The third kappa shape index (κ3) is 3.28. The number of halogens is 2. The number of carbonyl (C=O) groups is 1. The molecule has 98 valence electrons. The lowest BCUT2D eigenvalue weighted by atomic mass is 10.1. The summed E-state index contributed by atoms with van der Waals surface area (Å²) >= 11 is 12.1. The van der Waals surface area contributed by atoms with Gasteiger partial charge in [-0.2, -0.15) is 0 Å². The topological polar surface area (TPSA) is 26.3 Å². The standard InChI is InChI=1S/C15H12Cl2O2/c1-10-5-6-11(14(17)7-10)9-19-15-4-2-3-13(16)12(15)8-18/h2-8H,9H2,1H3. The molecular weight excluding hydrogens is 283 g/mol. The van der Waals surface area contributed by atoms with E-state index in [-0.39, 0.29) is 0 Å². The number of hydrogen-bond donors (Lipinski definition) is 0. The summed E-state index contributed by atoms with van der Waals surface area (Å²) in [6.45, 7) is 2.26. The molecule has 0 saturated carbocycles. The van der Waals surface area contributed by atoms with E-state index in [1.54, 1.807) is 18.2 Å². The number of carbonyl (C=O) groups excluding carboxylic acids is 1. The summed E-state index contributed by atoms with van der Waals surface area (Å²) in [5.74, 6) is 0.458. The fourth-order valence-corrected chi connectivity index (χ4v) is 2.18. The summed E-state index contributed by atoms with van der Waals surface area (Å²) in [5.41, 5.74) is 2.31. The highest BCUT2D eigenvalue weighted by Crippen LogP contribution is 2.26. The molecule has 0 aliphatic heterocycles. The number of ether oxygens (including phenoxy) is 1. The summed E-state index contributed by atoms with van der Waals surface area (Å²) in [6, 6.07) is 10.8. The van der Waals surface area contributed by atoms with Crippen molar-refractivity contribution in [2.24, 2.45) is 0 Å². The van der Waals surface area contributed by atoms with Gasteiger partial charge < -0.3 is 4.74 Å². The van der Waals surface area contributed by atoms with E-state index in [9.17, 15) is 4.79 Å². The second-order valence-corrected chi connectivity index (χ2v) is 4.97. The molecule has 0 atom stereocenters. The van der Waals surface area contributed by atoms with Crippen LogP contribution in [0.15, 0.2) is 36.4 Å². The van der Waals surface area contributed by atoms with Crippen molar-refractivity contribution >= 4 is 29.5 Å². The molecular formula is C15H12Cl2O2. The number of aryl methyl sites for hydroxylation is 1. The van der Waals surface area contributed by atoms with E-state index in [0.717, 1.165) is 11.1 Å². The molecule has 0 unspecified atom stereocenters. The largest absolute Gasteiger partial charge is 0.488 e. The van der Waals surface area contributed by atoms with Gasteiger partial charge in [-0.1, -0.05) is 41.4 Å². The molecule has 0 heterocycles. The Balaban J connectivity index is 2.19. The van der Waals surface area contributed by atoms with Crippen LogP contribution in [0.2, 0.25) is 10.0 Å². The first-order valence-electron chi connectivity index (χ1n) is 5.73. The quantitative estimate of drug-likeness (QED) is 0.765. The van der Waals surface area contributed by atoms with E-state index in [1.165, 1.54) is 0 Å². The summed E-state index contributed by atoms with van der Waals surface area (Å²) in [5, 5.41) is 1.03. The zero-order valence-corrected chi connectivity index (χ0v) is 11.8. The SMILES string of the molecule is Cc1ccc(COc2cccc(Cl)c2C=O)c(Cl)c1. The minimum atomic E-state index is 0.292. The third-order valence-electron chi connectivity index (χ3n) is 2.72. The van der Waals surface area contributed by atoms with Gasteiger partial charge >= 0.3 is 0 Å². The molecule has 0 amide bonds. The van der Waals surface area contributed by atoms with Crippen LogP contribution in [0, 0.1) is 6.92 Å². The van der Waals surface area contributed by atoms with E-state index in [4.69, 9.17) is 27.9 Å². The average Bonchev–Trinajstić information content (AvgIpc) is 2.38. The fraction of sp³-hybridized carbons (Fsp3) is 0.133. The van der Waals surface area contributed by atoms with Crippen LogP contribution in [0.3, 0.4) is 0 Å². The van der Waals surface area contributed by atoms with Crippen LogP contribution < -0.4 is 4.74 Å². The number of hydrogen-bond acceptors (Lipinski definition) is 2. The van der Waals surface area contributed by atoms with Gasteiger partial charge in [0, 0.05) is 10.6 Å². The molecule has 2 rings (SSSR count). The number of rotatable bonds is 4. The molecule has 0 aliphatic rings. The highest BCUT2D eigenvalue weighted by Gasteiger charge is 2.08. The fourth-order valence-electron chi connectivity index (χ4n) is 1.68. The van der Waals surface area contributed by atoms with Crippen molar-refractivity contribution < 1.29 is 9.53 Å². The molecule has 2 nitrogen and oxygen atoms in total. The Hall–Kier alpha value is -1.51. The van der Waals surface area contributed by atoms with Gasteiger partial charge in [0.05, 0.1) is 10.6 Å². The van der Waals surface area contributed by atoms with E-state index in [1.807, 2.05) is 25.1 Å². The number of benzene rings is 2. The van der Waals surface area contributed by atoms with Crippen LogP contribution in [0.5, 0.6) is 5.75 Å². The van der Waals surface area contributed by atoms with E-state index < -0.39 is 0 Å². The molecule has 0 saturated heterocycles. The molecule has 0 fully saturated rings. The Kier molecular flexibility index (Phi) is 4.46. The Bertz CT molecular complexity index is 609. The van der Waals surface area contributed by atoms with E-state index >= 15 is 0 Å². The van der Waals surface area contributed by atoms with E-state index in [2.05, 4.69) is 0 Å². The van der Waals surface area contributed by atoms with Crippen molar-refractivity contribution in [3.8, 4) is 5.75 Å². The maximum Gasteiger partial charge on any atom is 0.155 e. The third-order valence-corrected chi connectivity index (χ3v) is 3.40. The minimum Gasteiger partial charge on any atom is -0.488 e. The van der Waals surface area contributed by atoms with Gasteiger partial charge in [0.15, 0.2) is 6.29 Å². The van der Waals surface area contributed by atoms with Gasteiger partial charge in [-0.05, 0) is 30.7 Å². The molecule has 4 heteroatoms. The summed E-state index contributed by atoms with van der Waals surface area (Å²) < 4.78 is 5.62. The summed E-state index contributed by atoms with van der Waals surface area (Å²) in [6.07, 6.45) is 0.689. The smallest absolute Gasteiger partial charge is 0.155 e. The highest BCUT2D eigenvalue weighted by atomic mass is 35.5. The van der Waals surface area contributed by atoms with Crippen LogP contribution in [-0.2, 0) is 6.61 Å². The van der Waals surface area contributed by atoms with Crippen molar-refractivity contribution in [3.63, 3.8) is 0 Å². The predicted octanol–water partition coefficient (Wildman–Crippen LogP) is 4.69. The van der Waals surface area contributed by atoms with Crippen LogP contribution in [0.4, 0.5) is 0 Å². The van der Waals surface area contributed by atoms with Crippen molar-refractivity contribution in [3.05, 3.63) is 63.1 Å². The first-order chi connectivity index (χ1) is 9.11. The van der Waals surface area contributed by atoms with Crippen LogP contribution in [-0.4, -0.2) is 6.29 Å². The zero-order chi connectivity index (χ0) is 13.8. The van der Waals surface area contributed by atoms with Crippen LogP contribution in [0.1, 0.15) is 21.5 Å². The molecule has 0 spiro atoms. The van der Waals surface area contributed by atoms with Gasteiger partial charge in [-0.15, -0.1) is 0 Å². The highest BCUT2D eigenvalue weighted by molar-refractivity contribution is 6.33. The Morgan fingerprint density at radius 3 is 2.63 bits per heavy atom. The zero-order valence-electron chi connectivity index (χ0n) is 10.3. The molecule has 2 aromatic rings. The molecule has 0 radical (unpaired) electrons. The maximum atomic E-state index is 11.0. The van der Waals surface area contributed by atoms with Crippen LogP contribution in [0.25, 0.3) is 0 Å². The maximum absolute atomic E-state index is 11.0. The van der Waals surface area contributed by atoms with Crippen molar-refractivity contribution in [2.75, 3.05) is 0 Å². The van der Waals surface area contributed by atoms with Gasteiger partial charge in [0.1, 0.15) is 12.4 Å². The average molecular weight is 295 g/mol. The lowest BCUT2D eigenvalue weighted by Crippen LogP contribution is -1.99. The minimum absolute atomic E-state index is 0.292. The van der Waals surface area contributed by atoms with Gasteiger partial charge in [-0.25, -0.2) is 0 Å². The second-order valence-electron chi connectivity index (χ2n) is 4.15. The van der Waals surface area contributed by atoms with Crippen molar-refractivity contribution in [1.29, 1.82) is 0 Å². The summed E-state index contributed by atoms with van der Waals surface area (Å²) in [4.78, 5) is 11.0. The molecule has 19 heavy (non-hydrogen) atoms. The molecule has 0 N–H and O–H groups in total. The number of aldehydes is 1. The van der Waals surface area contributed by atoms with Crippen molar-refractivity contribution in [1.82, 2.24) is 0 Å². The Morgan fingerprint density at radius 2 is 1.95 bits per heavy atom. The summed E-state index contributed by atoms with van der Waals surface area (Å²) in [7, 11) is 0. The molecule has 0 aromatic heterocycles. The lowest BCUT2D eigenvalue weighted by Gasteiger charge is -2.10. The van der Waals surface area contributed by atoms with Gasteiger partial charge in [0.25, 0.3) is 0 Å².